The van der Waals surface area contributed by atoms with E-state index in [1.165, 1.54) is 0 Å². The fraction of sp³-hybridized carbons (Fsp3) is 0.0476. The Hall–Kier alpha value is -3.25. The normalized spacial score (nSPS) is 11.4. The van der Waals surface area contributed by atoms with Crippen LogP contribution in [-0.4, -0.2) is 18.4 Å². The molecule has 0 unspecified atom stereocenters. The first-order valence-electron chi connectivity index (χ1n) is 8.45. The van der Waals surface area contributed by atoms with E-state index in [0.717, 1.165) is 11.1 Å². The van der Waals surface area contributed by atoms with Crippen molar-refractivity contribution in [3.8, 4) is 11.4 Å². The molecule has 134 valence electrons. The van der Waals surface area contributed by atoms with E-state index in [1.54, 1.807) is 30.3 Å². The number of para-hydroxylation sites is 1. The Balaban J connectivity index is 1.84. The first-order chi connectivity index (χ1) is 13.0. The summed E-state index contributed by atoms with van der Waals surface area (Å²) >= 11 is 0. The summed E-state index contributed by atoms with van der Waals surface area (Å²) in [5.41, 5.74) is 2.49. The Morgan fingerprint density at radius 2 is 1.44 bits per heavy atom. The van der Waals surface area contributed by atoms with E-state index in [0.29, 0.717) is 16.7 Å². The van der Waals surface area contributed by atoms with Crippen molar-refractivity contribution in [2.24, 2.45) is 0 Å². The number of anilines is 1. The van der Waals surface area contributed by atoms with Crippen LogP contribution in [0.15, 0.2) is 83.8 Å². The molecule has 1 N–H and O–H groups in total. The summed E-state index contributed by atoms with van der Waals surface area (Å²) in [6, 6.07) is 23.5. The van der Waals surface area contributed by atoms with Gasteiger partial charge in [0.1, 0.15) is 0 Å². The van der Waals surface area contributed by atoms with Gasteiger partial charge in [0.2, 0.25) is 0 Å². The van der Waals surface area contributed by atoms with Crippen molar-refractivity contribution in [3.63, 3.8) is 0 Å². The maximum atomic E-state index is 12.8. The summed E-state index contributed by atoms with van der Waals surface area (Å²) in [4.78, 5) is 9.26. The van der Waals surface area contributed by atoms with Crippen molar-refractivity contribution in [2.45, 2.75) is 11.8 Å². The van der Waals surface area contributed by atoms with Crippen molar-refractivity contribution < 1.29 is 8.42 Å². The van der Waals surface area contributed by atoms with Gasteiger partial charge in [-0.05, 0) is 31.2 Å². The van der Waals surface area contributed by atoms with Crippen LogP contribution in [0.25, 0.3) is 22.3 Å². The third kappa shape index (κ3) is 3.52. The number of benzene rings is 3. The number of fused-ring (bicyclic) bond motifs is 1. The van der Waals surface area contributed by atoms with Crippen LogP contribution in [0.2, 0.25) is 0 Å². The molecule has 0 saturated carbocycles. The van der Waals surface area contributed by atoms with Crippen LogP contribution in [-0.2, 0) is 10.0 Å². The molecule has 0 saturated heterocycles. The Bertz CT molecular complexity index is 1210. The van der Waals surface area contributed by atoms with Gasteiger partial charge in [0.15, 0.2) is 11.6 Å². The van der Waals surface area contributed by atoms with Gasteiger partial charge in [-0.15, -0.1) is 0 Å². The van der Waals surface area contributed by atoms with E-state index in [2.05, 4.69) is 14.7 Å². The second-order valence-electron chi connectivity index (χ2n) is 6.20. The van der Waals surface area contributed by atoms with Crippen molar-refractivity contribution in [1.29, 1.82) is 0 Å². The van der Waals surface area contributed by atoms with Gasteiger partial charge in [-0.2, -0.15) is 0 Å². The maximum Gasteiger partial charge on any atom is 0.263 e. The number of aryl methyl sites for hydroxylation is 1. The third-order valence-electron chi connectivity index (χ3n) is 4.20. The first kappa shape index (κ1) is 17.2. The van der Waals surface area contributed by atoms with Crippen LogP contribution in [0.1, 0.15) is 5.56 Å². The zero-order valence-corrected chi connectivity index (χ0v) is 15.4. The quantitative estimate of drug-likeness (QED) is 0.574. The SMILES string of the molecule is Cc1ccc(S(=O)(=O)Nc2nc(-c3ccccc3)nc3ccccc23)cc1. The highest BCUT2D eigenvalue weighted by molar-refractivity contribution is 7.92. The predicted molar refractivity (Wildman–Crippen MR) is 107 cm³/mol. The van der Waals surface area contributed by atoms with Crippen molar-refractivity contribution in [3.05, 3.63) is 84.4 Å². The van der Waals surface area contributed by atoms with E-state index in [1.807, 2.05) is 55.5 Å². The molecule has 27 heavy (non-hydrogen) atoms. The average molecular weight is 375 g/mol. The van der Waals surface area contributed by atoms with Crippen LogP contribution >= 0.6 is 0 Å². The molecule has 0 radical (unpaired) electrons. The number of nitrogens with zero attached hydrogens (tertiary/aromatic N) is 2. The van der Waals surface area contributed by atoms with Crippen LogP contribution in [0.4, 0.5) is 5.82 Å². The van der Waals surface area contributed by atoms with Crippen LogP contribution < -0.4 is 4.72 Å². The average Bonchev–Trinajstić information content (AvgIpc) is 2.69. The Labute approximate surface area is 157 Å². The molecule has 1 aromatic heterocycles. The summed E-state index contributed by atoms with van der Waals surface area (Å²) < 4.78 is 28.3. The van der Waals surface area contributed by atoms with Gasteiger partial charge in [0.05, 0.1) is 10.4 Å². The Morgan fingerprint density at radius 1 is 0.778 bits per heavy atom. The van der Waals surface area contributed by atoms with Crippen molar-refractivity contribution >= 4 is 26.7 Å². The van der Waals surface area contributed by atoms with Crippen LogP contribution in [0, 0.1) is 6.92 Å². The van der Waals surface area contributed by atoms with E-state index in [9.17, 15) is 8.42 Å². The summed E-state index contributed by atoms with van der Waals surface area (Å²) in [5.74, 6) is 0.732. The standard InChI is InChI=1S/C21H17N3O2S/c1-15-11-13-17(14-12-15)27(25,26)24-21-18-9-5-6-10-19(18)22-20(23-21)16-7-3-2-4-8-16/h2-14H,1H3,(H,22,23,24). The first-order valence-corrected chi connectivity index (χ1v) is 9.93. The van der Waals surface area contributed by atoms with E-state index in [4.69, 9.17) is 0 Å². The zero-order chi connectivity index (χ0) is 18.9. The number of sulfonamides is 1. The largest absolute Gasteiger partial charge is 0.263 e. The minimum Gasteiger partial charge on any atom is -0.263 e. The van der Waals surface area contributed by atoms with Crippen LogP contribution in [0.5, 0.6) is 0 Å². The smallest absolute Gasteiger partial charge is 0.263 e. The molecule has 1 heterocycles. The number of rotatable bonds is 4. The molecule has 4 aromatic rings. The summed E-state index contributed by atoms with van der Waals surface area (Å²) in [7, 11) is -3.76. The number of hydrogen-bond acceptors (Lipinski definition) is 4. The van der Waals surface area contributed by atoms with Gasteiger partial charge in [0, 0.05) is 10.9 Å². The van der Waals surface area contributed by atoms with Gasteiger partial charge in [-0.25, -0.2) is 18.4 Å². The molecule has 4 rings (SSSR count). The summed E-state index contributed by atoms with van der Waals surface area (Å²) in [5, 5.41) is 0.646. The molecular weight excluding hydrogens is 358 g/mol. The highest BCUT2D eigenvalue weighted by atomic mass is 32.2. The monoisotopic (exact) mass is 375 g/mol. The molecule has 3 aromatic carbocycles. The Kier molecular flexibility index (Phi) is 4.33. The highest BCUT2D eigenvalue weighted by Crippen LogP contribution is 2.26. The van der Waals surface area contributed by atoms with Crippen molar-refractivity contribution in [2.75, 3.05) is 4.72 Å². The number of nitrogens with one attached hydrogen (secondary N) is 1. The van der Waals surface area contributed by atoms with Gasteiger partial charge in [-0.3, -0.25) is 4.72 Å². The fourth-order valence-corrected chi connectivity index (χ4v) is 3.80. The lowest BCUT2D eigenvalue weighted by Crippen LogP contribution is -2.15. The highest BCUT2D eigenvalue weighted by Gasteiger charge is 2.18. The minimum atomic E-state index is -3.76. The van der Waals surface area contributed by atoms with Crippen LogP contribution in [0.3, 0.4) is 0 Å². The fourth-order valence-electron chi connectivity index (χ4n) is 2.77. The lowest BCUT2D eigenvalue weighted by Gasteiger charge is -2.12. The topological polar surface area (TPSA) is 72.0 Å². The molecule has 0 amide bonds. The lowest BCUT2D eigenvalue weighted by molar-refractivity contribution is 0.601. The molecular formula is C21H17N3O2S. The van der Waals surface area contributed by atoms with Gasteiger partial charge in [0.25, 0.3) is 10.0 Å². The molecule has 0 aliphatic heterocycles. The number of hydrogen-bond donors (Lipinski definition) is 1. The molecule has 6 heteroatoms. The summed E-state index contributed by atoms with van der Waals surface area (Å²) in [6.07, 6.45) is 0. The molecule has 0 spiro atoms. The summed E-state index contributed by atoms with van der Waals surface area (Å²) in [6.45, 7) is 1.91. The molecule has 0 fully saturated rings. The minimum absolute atomic E-state index is 0.192. The molecule has 0 bridgehead atoms. The van der Waals surface area contributed by atoms with Gasteiger partial charge < -0.3 is 0 Å². The van der Waals surface area contributed by atoms with E-state index in [-0.39, 0.29) is 10.7 Å². The molecule has 5 nitrogen and oxygen atoms in total. The predicted octanol–water partition coefficient (Wildman–Crippen LogP) is 4.41. The third-order valence-corrected chi connectivity index (χ3v) is 5.55. The zero-order valence-electron chi connectivity index (χ0n) is 14.6. The van der Waals surface area contributed by atoms with Crippen molar-refractivity contribution in [1.82, 2.24) is 9.97 Å². The molecule has 0 aliphatic rings. The Morgan fingerprint density at radius 3 is 2.19 bits per heavy atom. The molecule has 0 atom stereocenters. The molecule has 0 aliphatic carbocycles. The lowest BCUT2D eigenvalue weighted by atomic mass is 10.2. The maximum absolute atomic E-state index is 12.8. The van der Waals surface area contributed by atoms with E-state index >= 15 is 0 Å². The second-order valence-corrected chi connectivity index (χ2v) is 7.88. The van der Waals surface area contributed by atoms with Gasteiger partial charge in [-0.1, -0.05) is 60.2 Å². The van der Waals surface area contributed by atoms with Gasteiger partial charge >= 0.3 is 0 Å². The second kappa shape index (κ2) is 6.81. The van der Waals surface area contributed by atoms with E-state index < -0.39 is 10.0 Å². The number of aromatic nitrogens is 2.